The molecule has 0 unspecified atom stereocenters. The smallest absolute Gasteiger partial charge is 0.306 e. The minimum atomic E-state index is -0.280. The number of carbonyl (C=O) groups is 2. The Kier molecular flexibility index (Phi) is 6.17. The van der Waals surface area contributed by atoms with Gasteiger partial charge in [0.2, 0.25) is 0 Å². The summed E-state index contributed by atoms with van der Waals surface area (Å²) >= 11 is 0. The van der Waals surface area contributed by atoms with Crippen LogP contribution in [-0.2, 0) is 14.3 Å². The van der Waals surface area contributed by atoms with Gasteiger partial charge in [0.05, 0.1) is 12.5 Å². The molecule has 0 N–H and O–H groups in total. The van der Waals surface area contributed by atoms with Crippen molar-refractivity contribution in [3.05, 3.63) is 0 Å². The average Bonchev–Trinajstić information content (AvgIpc) is 1.98. The zero-order valence-electron chi connectivity index (χ0n) is 9.50. The van der Waals surface area contributed by atoms with Gasteiger partial charge in [-0.15, -0.1) is 0 Å². The maximum atomic E-state index is 11.2. The second-order valence-corrected chi connectivity index (χ2v) is 4.18. The minimum absolute atomic E-state index is 0.0947. The third-order valence-corrected chi connectivity index (χ3v) is 1.61. The highest BCUT2D eigenvalue weighted by Gasteiger charge is 2.10. The SMILES string of the molecule is CC(C)CC(=O)CCC(=O)OC(C)C. The third-order valence-electron chi connectivity index (χ3n) is 1.61. The van der Waals surface area contributed by atoms with Crippen LogP contribution in [0.4, 0.5) is 0 Å². The van der Waals surface area contributed by atoms with Gasteiger partial charge in [0, 0.05) is 12.8 Å². The van der Waals surface area contributed by atoms with Gasteiger partial charge in [0.25, 0.3) is 0 Å². The van der Waals surface area contributed by atoms with E-state index in [9.17, 15) is 9.59 Å². The van der Waals surface area contributed by atoms with Crippen LogP contribution in [0.25, 0.3) is 0 Å². The first kappa shape index (κ1) is 13.1. The van der Waals surface area contributed by atoms with E-state index < -0.39 is 0 Å². The van der Waals surface area contributed by atoms with Gasteiger partial charge in [-0.25, -0.2) is 0 Å². The van der Waals surface area contributed by atoms with Gasteiger partial charge in [-0.1, -0.05) is 13.8 Å². The van der Waals surface area contributed by atoms with E-state index in [1.807, 2.05) is 13.8 Å². The average molecular weight is 200 g/mol. The summed E-state index contributed by atoms with van der Waals surface area (Å²) in [6.45, 7) is 7.58. The van der Waals surface area contributed by atoms with Gasteiger partial charge in [-0.2, -0.15) is 0 Å². The van der Waals surface area contributed by atoms with Crippen LogP contribution in [-0.4, -0.2) is 17.9 Å². The first-order chi connectivity index (χ1) is 6.41. The fraction of sp³-hybridized carbons (Fsp3) is 0.818. The lowest BCUT2D eigenvalue weighted by molar-refractivity contribution is -0.148. The Morgan fingerprint density at radius 3 is 2.07 bits per heavy atom. The molecule has 3 nitrogen and oxygen atoms in total. The molecule has 0 spiro atoms. The summed E-state index contributed by atoms with van der Waals surface area (Å²) in [6, 6.07) is 0. The number of rotatable bonds is 6. The van der Waals surface area contributed by atoms with Gasteiger partial charge in [-0.3, -0.25) is 9.59 Å². The normalized spacial score (nSPS) is 10.7. The molecule has 0 heterocycles. The van der Waals surface area contributed by atoms with Crippen LogP contribution in [0.1, 0.15) is 47.0 Å². The van der Waals surface area contributed by atoms with E-state index in [0.29, 0.717) is 18.8 Å². The molecule has 0 aliphatic carbocycles. The van der Waals surface area contributed by atoms with Crippen molar-refractivity contribution in [1.82, 2.24) is 0 Å². The van der Waals surface area contributed by atoms with Gasteiger partial charge < -0.3 is 4.74 Å². The molecule has 0 aromatic heterocycles. The molecule has 82 valence electrons. The fourth-order valence-corrected chi connectivity index (χ4v) is 1.12. The van der Waals surface area contributed by atoms with Gasteiger partial charge in [0.1, 0.15) is 5.78 Å². The largest absolute Gasteiger partial charge is 0.463 e. The Morgan fingerprint density at radius 1 is 1.07 bits per heavy atom. The molecule has 0 amide bonds. The lowest BCUT2D eigenvalue weighted by atomic mass is 10.0. The number of esters is 1. The van der Waals surface area contributed by atoms with Crippen molar-refractivity contribution < 1.29 is 14.3 Å². The predicted molar refractivity (Wildman–Crippen MR) is 54.9 cm³/mol. The topological polar surface area (TPSA) is 43.4 Å². The van der Waals surface area contributed by atoms with Crippen LogP contribution in [0.3, 0.4) is 0 Å². The maximum Gasteiger partial charge on any atom is 0.306 e. The molecular formula is C11H20O3. The van der Waals surface area contributed by atoms with Crippen molar-refractivity contribution in [3.63, 3.8) is 0 Å². The molecule has 0 atom stereocenters. The van der Waals surface area contributed by atoms with E-state index in [-0.39, 0.29) is 24.3 Å². The summed E-state index contributed by atoms with van der Waals surface area (Å²) in [4.78, 5) is 22.3. The number of hydrogen-bond donors (Lipinski definition) is 0. The molecule has 0 aliphatic heterocycles. The number of ketones is 1. The zero-order chi connectivity index (χ0) is 11.1. The van der Waals surface area contributed by atoms with Crippen LogP contribution >= 0.6 is 0 Å². The van der Waals surface area contributed by atoms with Gasteiger partial charge in [0.15, 0.2) is 0 Å². The highest BCUT2D eigenvalue weighted by Crippen LogP contribution is 2.05. The van der Waals surface area contributed by atoms with Crippen LogP contribution in [0, 0.1) is 5.92 Å². The quantitative estimate of drug-likeness (QED) is 0.618. The van der Waals surface area contributed by atoms with Gasteiger partial charge >= 0.3 is 5.97 Å². The maximum absolute atomic E-state index is 11.2. The Hall–Kier alpha value is -0.860. The lowest BCUT2D eigenvalue weighted by Gasteiger charge is -2.07. The first-order valence-corrected chi connectivity index (χ1v) is 5.13. The number of carbonyl (C=O) groups excluding carboxylic acids is 2. The van der Waals surface area contributed by atoms with Crippen LogP contribution in [0.2, 0.25) is 0 Å². The molecule has 0 aromatic rings. The van der Waals surface area contributed by atoms with Crippen molar-refractivity contribution in [1.29, 1.82) is 0 Å². The van der Waals surface area contributed by atoms with E-state index in [0.717, 1.165) is 0 Å². The standard InChI is InChI=1S/C11H20O3/c1-8(2)7-10(12)5-6-11(13)14-9(3)4/h8-9H,5-7H2,1-4H3. The molecule has 0 fully saturated rings. The van der Waals surface area contributed by atoms with E-state index in [2.05, 4.69) is 0 Å². The van der Waals surface area contributed by atoms with E-state index in [1.165, 1.54) is 0 Å². The Bertz CT molecular complexity index is 173. The van der Waals surface area contributed by atoms with E-state index in [4.69, 9.17) is 4.74 Å². The molecule has 0 aromatic carbocycles. The molecule has 14 heavy (non-hydrogen) atoms. The molecule has 0 saturated carbocycles. The number of hydrogen-bond acceptors (Lipinski definition) is 3. The summed E-state index contributed by atoms with van der Waals surface area (Å²) in [5.41, 5.74) is 0. The van der Waals surface area contributed by atoms with Gasteiger partial charge in [-0.05, 0) is 19.8 Å². The first-order valence-electron chi connectivity index (χ1n) is 5.13. The third kappa shape index (κ3) is 7.77. The van der Waals surface area contributed by atoms with Crippen molar-refractivity contribution in [2.24, 2.45) is 5.92 Å². The molecule has 0 radical (unpaired) electrons. The summed E-state index contributed by atoms with van der Waals surface area (Å²) < 4.78 is 4.91. The van der Waals surface area contributed by atoms with Crippen LogP contribution in [0.15, 0.2) is 0 Å². The van der Waals surface area contributed by atoms with Crippen LogP contribution in [0.5, 0.6) is 0 Å². The predicted octanol–water partition coefficient (Wildman–Crippen LogP) is 2.33. The second-order valence-electron chi connectivity index (χ2n) is 4.18. The molecule has 0 bridgehead atoms. The van der Waals surface area contributed by atoms with E-state index in [1.54, 1.807) is 13.8 Å². The Labute approximate surface area is 85.8 Å². The van der Waals surface area contributed by atoms with E-state index >= 15 is 0 Å². The minimum Gasteiger partial charge on any atom is -0.463 e. The van der Waals surface area contributed by atoms with Crippen molar-refractivity contribution >= 4 is 11.8 Å². The molecule has 0 rings (SSSR count). The fourth-order valence-electron chi connectivity index (χ4n) is 1.12. The van der Waals surface area contributed by atoms with Crippen molar-refractivity contribution in [2.45, 2.75) is 53.1 Å². The van der Waals surface area contributed by atoms with Crippen LogP contribution < -0.4 is 0 Å². The summed E-state index contributed by atoms with van der Waals surface area (Å²) in [6.07, 6.45) is 0.977. The zero-order valence-corrected chi connectivity index (χ0v) is 9.50. The molecule has 0 aliphatic rings. The number of Topliss-reactive ketones (excluding diaryl/α,β-unsaturated/α-hetero) is 1. The van der Waals surface area contributed by atoms with Crippen molar-refractivity contribution in [3.8, 4) is 0 Å². The Morgan fingerprint density at radius 2 is 1.64 bits per heavy atom. The monoisotopic (exact) mass is 200 g/mol. The lowest BCUT2D eigenvalue weighted by Crippen LogP contribution is -2.13. The molecule has 0 saturated heterocycles. The Balaban J connectivity index is 3.61. The summed E-state index contributed by atoms with van der Waals surface area (Å²) in [5, 5.41) is 0. The highest BCUT2D eigenvalue weighted by molar-refractivity contribution is 5.83. The molecule has 3 heteroatoms. The summed E-state index contributed by atoms with van der Waals surface area (Å²) in [5.74, 6) is 0.224. The highest BCUT2D eigenvalue weighted by atomic mass is 16.5. The van der Waals surface area contributed by atoms with Crippen molar-refractivity contribution in [2.75, 3.05) is 0 Å². The molecular weight excluding hydrogens is 180 g/mol. The second kappa shape index (κ2) is 6.57. The summed E-state index contributed by atoms with van der Waals surface area (Å²) in [7, 11) is 0. The number of ether oxygens (including phenoxy) is 1.